The van der Waals surface area contributed by atoms with Gasteiger partial charge in [0, 0.05) is 11.1 Å². The Morgan fingerprint density at radius 3 is 2.68 bits per heavy atom. The number of methoxy groups -OCH3 is 1. The minimum Gasteiger partial charge on any atom is -0.468 e. The normalized spacial score (nSPS) is 12.0. The number of sulfonamides is 1. The number of ether oxygens (including phenoxy) is 1. The molecule has 0 unspecified atom stereocenters. The molecule has 0 aliphatic rings. The van der Waals surface area contributed by atoms with Gasteiger partial charge in [-0.25, -0.2) is 27.9 Å². The largest absolute Gasteiger partial charge is 0.468 e. The number of halogens is 1. The van der Waals surface area contributed by atoms with E-state index in [0.29, 0.717) is 22.7 Å². The molecule has 0 radical (unpaired) electrons. The predicted octanol–water partition coefficient (Wildman–Crippen LogP) is 2.13. The fraction of sp³-hybridized carbons (Fsp3) is 0.167. The summed E-state index contributed by atoms with van der Waals surface area (Å²) in [5.74, 6) is -0.910. The summed E-state index contributed by atoms with van der Waals surface area (Å²) >= 11 is 0. The van der Waals surface area contributed by atoms with Gasteiger partial charge in [-0.1, -0.05) is 6.07 Å². The number of benzene rings is 1. The molecular weight excluding hydrogens is 385 g/mol. The lowest BCUT2D eigenvalue weighted by Gasteiger charge is -2.10. The van der Waals surface area contributed by atoms with Crippen molar-refractivity contribution in [1.82, 2.24) is 19.5 Å². The first-order chi connectivity index (χ1) is 13.3. The van der Waals surface area contributed by atoms with E-state index in [1.165, 1.54) is 13.2 Å². The summed E-state index contributed by atoms with van der Waals surface area (Å²) < 4.78 is 44.2. The maximum Gasteiger partial charge on any atom is 0.297 e. The zero-order valence-corrected chi connectivity index (χ0v) is 15.9. The Morgan fingerprint density at radius 1 is 1.21 bits per heavy atom. The first kappa shape index (κ1) is 18.3. The van der Waals surface area contributed by atoms with E-state index < -0.39 is 20.7 Å². The summed E-state index contributed by atoms with van der Waals surface area (Å²) in [6.07, 6.45) is 1.60. The number of fused-ring (bicyclic) bond motifs is 3. The SMILES string of the molecule is COc1nc2cnc3nc(C)ccc3c2n1Cc1ccc(S(N)(=O)=O)c(F)c1. The van der Waals surface area contributed by atoms with Crippen molar-refractivity contribution >= 4 is 32.1 Å². The van der Waals surface area contributed by atoms with Crippen molar-refractivity contribution in [1.29, 1.82) is 0 Å². The van der Waals surface area contributed by atoms with Crippen LogP contribution in [-0.4, -0.2) is 35.0 Å². The lowest BCUT2D eigenvalue weighted by Crippen LogP contribution is -2.14. The predicted molar refractivity (Wildman–Crippen MR) is 101 cm³/mol. The van der Waals surface area contributed by atoms with Gasteiger partial charge >= 0.3 is 0 Å². The third kappa shape index (κ3) is 3.06. The fourth-order valence-corrected chi connectivity index (χ4v) is 3.72. The molecule has 4 aromatic rings. The Bertz CT molecular complexity index is 1330. The summed E-state index contributed by atoms with van der Waals surface area (Å²) in [5, 5.41) is 5.80. The highest BCUT2D eigenvalue weighted by atomic mass is 32.2. The van der Waals surface area contributed by atoms with E-state index in [1.54, 1.807) is 10.8 Å². The lowest BCUT2D eigenvalue weighted by molar-refractivity contribution is 0.364. The molecule has 0 spiro atoms. The molecule has 144 valence electrons. The van der Waals surface area contributed by atoms with E-state index >= 15 is 0 Å². The highest BCUT2D eigenvalue weighted by molar-refractivity contribution is 7.89. The number of pyridine rings is 2. The van der Waals surface area contributed by atoms with Crippen molar-refractivity contribution in [2.24, 2.45) is 5.14 Å². The monoisotopic (exact) mass is 401 g/mol. The maximum atomic E-state index is 14.2. The van der Waals surface area contributed by atoms with Crippen molar-refractivity contribution in [3.8, 4) is 6.01 Å². The highest BCUT2D eigenvalue weighted by Gasteiger charge is 2.18. The van der Waals surface area contributed by atoms with Gasteiger partial charge in [-0.15, -0.1) is 0 Å². The standard InChI is InChI=1S/C18H16FN5O3S/c1-10-3-5-12-16-14(8-21-17(12)22-10)23-18(27-2)24(16)9-11-4-6-15(13(19)7-11)28(20,25)26/h3-8H,9H2,1-2H3,(H2,20,25,26). The minimum atomic E-state index is -4.13. The number of primary sulfonamides is 1. The number of aryl methyl sites for hydroxylation is 1. The van der Waals surface area contributed by atoms with E-state index in [1.807, 2.05) is 19.1 Å². The van der Waals surface area contributed by atoms with Crippen molar-refractivity contribution in [2.45, 2.75) is 18.4 Å². The number of aromatic nitrogens is 4. The number of nitrogens with two attached hydrogens (primary N) is 1. The van der Waals surface area contributed by atoms with Crippen LogP contribution < -0.4 is 9.88 Å². The molecule has 3 aromatic heterocycles. The van der Waals surface area contributed by atoms with Gasteiger partial charge in [0.25, 0.3) is 6.01 Å². The van der Waals surface area contributed by atoms with Crippen LogP contribution in [-0.2, 0) is 16.6 Å². The molecular formula is C18H16FN5O3S. The molecule has 0 atom stereocenters. The minimum absolute atomic E-state index is 0.203. The van der Waals surface area contributed by atoms with Crippen LogP contribution in [0, 0.1) is 12.7 Å². The van der Waals surface area contributed by atoms with Gasteiger partial charge < -0.3 is 4.74 Å². The van der Waals surface area contributed by atoms with Crippen molar-refractivity contribution in [2.75, 3.05) is 7.11 Å². The first-order valence-corrected chi connectivity index (χ1v) is 9.80. The molecule has 28 heavy (non-hydrogen) atoms. The molecule has 1 aromatic carbocycles. The van der Waals surface area contributed by atoms with Crippen LogP contribution in [0.1, 0.15) is 11.3 Å². The van der Waals surface area contributed by atoms with Gasteiger partial charge in [-0.05, 0) is 36.8 Å². The van der Waals surface area contributed by atoms with Crippen LogP contribution in [0.4, 0.5) is 4.39 Å². The number of nitrogens with zero attached hydrogens (tertiary/aromatic N) is 4. The molecule has 0 amide bonds. The number of hydrogen-bond acceptors (Lipinski definition) is 6. The van der Waals surface area contributed by atoms with Crippen molar-refractivity contribution in [3.05, 3.63) is 53.6 Å². The second-order valence-corrected chi connectivity index (χ2v) is 7.84. The fourth-order valence-electron chi connectivity index (χ4n) is 3.13. The van der Waals surface area contributed by atoms with E-state index in [-0.39, 0.29) is 6.54 Å². The van der Waals surface area contributed by atoms with E-state index in [9.17, 15) is 12.8 Å². The van der Waals surface area contributed by atoms with E-state index in [4.69, 9.17) is 9.88 Å². The van der Waals surface area contributed by atoms with Crippen LogP contribution in [0.3, 0.4) is 0 Å². The Kier molecular flexibility index (Phi) is 4.24. The van der Waals surface area contributed by atoms with E-state index in [0.717, 1.165) is 28.7 Å². The van der Waals surface area contributed by atoms with E-state index in [2.05, 4.69) is 15.0 Å². The lowest BCUT2D eigenvalue weighted by atomic mass is 10.2. The number of hydrogen-bond donors (Lipinski definition) is 1. The Balaban J connectivity index is 1.89. The van der Waals surface area contributed by atoms with Gasteiger partial charge in [0.1, 0.15) is 16.2 Å². The smallest absolute Gasteiger partial charge is 0.297 e. The topological polar surface area (TPSA) is 113 Å². The molecule has 0 fully saturated rings. The Morgan fingerprint density at radius 2 is 2.00 bits per heavy atom. The van der Waals surface area contributed by atoms with Crippen LogP contribution >= 0.6 is 0 Å². The molecule has 2 N–H and O–H groups in total. The molecule has 0 aliphatic heterocycles. The zero-order valence-electron chi connectivity index (χ0n) is 15.0. The molecule has 3 heterocycles. The maximum absolute atomic E-state index is 14.2. The van der Waals surface area contributed by atoms with Gasteiger partial charge in [0.2, 0.25) is 10.0 Å². The molecule has 0 aliphatic carbocycles. The molecule has 0 saturated carbocycles. The first-order valence-electron chi connectivity index (χ1n) is 8.26. The average molecular weight is 401 g/mol. The number of rotatable bonds is 4. The number of imidazole rings is 1. The quantitative estimate of drug-likeness (QED) is 0.560. The van der Waals surface area contributed by atoms with Gasteiger partial charge in [0.05, 0.1) is 25.4 Å². The molecule has 0 saturated heterocycles. The van der Waals surface area contributed by atoms with Crippen molar-refractivity contribution in [3.63, 3.8) is 0 Å². The highest BCUT2D eigenvalue weighted by Crippen LogP contribution is 2.28. The van der Waals surface area contributed by atoms with Crippen LogP contribution in [0.5, 0.6) is 6.01 Å². The molecule has 4 rings (SSSR count). The third-order valence-electron chi connectivity index (χ3n) is 4.36. The van der Waals surface area contributed by atoms with Gasteiger partial charge in [-0.2, -0.15) is 4.98 Å². The summed E-state index contributed by atoms with van der Waals surface area (Å²) in [5.41, 5.74) is 3.26. The van der Waals surface area contributed by atoms with Crippen LogP contribution in [0.15, 0.2) is 41.4 Å². The summed E-state index contributed by atoms with van der Waals surface area (Å²) in [4.78, 5) is 12.6. The summed E-state index contributed by atoms with van der Waals surface area (Å²) in [6, 6.07) is 7.87. The Hall–Kier alpha value is -3.11. The second-order valence-electron chi connectivity index (χ2n) is 6.31. The van der Waals surface area contributed by atoms with Crippen LogP contribution in [0.2, 0.25) is 0 Å². The summed E-state index contributed by atoms with van der Waals surface area (Å²) in [6.45, 7) is 2.08. The average Bonchev–Trinajstić information content (AvgIpc) is 2.98. The van der Waals surface area contributed by atoms with Crippen LogP contribution in [0.25, 0.3) is 22.1 Å². The zero-order chi connectivity index (χ0) is 20.1. The van der Waals surface area contributed by atoms with Gasteiger partial charge in [0.15, 0.2) is 5.65 Å². The molecule has 8 nitrogen and oxygen atoms in total. The third-order valence-corrected chi connectivity index (χ3v) is 5.31. The van der Waals surface area contributed by atoms with Crippen molar-refractivity contribution < 1.29 is 17.5 Å². The second kappa shape index (κ2) is 6.50. The molecule has 10 heteroatoms. The summed E-state index contributed by atoms with van der Waals surface area (Å²) in [7, 11) is -2.64. The Labute approximate surface area is 159 Å². The van der Waals surface area contributed by atoms with Gasteiger partial charge in [-0.3, -0.25) is 4.57 Å². The molecule has 0 bridgehead atoms.